The lowest BCUT2D eigenvalue weighted by Gasteiger charge is -2.12. The zero-order valence-electron chi connectivity index (χ0n) is 11.0. The molecule has 0 atom stereocenters. The molecule has 0 aliphatic carbocycles. The normalized spacial score (nSPS) is 10.0. The van der Waals surface area contributed by atoms with E-state index in [1.54, 1.807) is 6.07 Å². The van der Waals surface area contributed by atoms with E-state index in [1.807, 2.05) is 30.3 Å². The molecule has 108 valence electrons. The largest absolute Gasteiger partial charge is 0.481 e. The Morgan fingerprint density at radius 2 is 2.00 bits per heavy atom. The molecule has 0 fully saturated rings. The van der Waals surface area contributed by atoms with Crippen molar-refractivity contribution in [1.82, 2.24) is 0 Å². The first-order chi connectivity index (χ1) is 10.1. The molecule has 1 N–H and O–H groups in total. The van der Waals surface area contributed by atoms with Gasteiger partial charge < -0.3 is 10.1 Å². The van der Waals surface area contributed by atoms with Crippen molar-refractivity contribution in [2.45, 2.75) is 6.54 Å². The van der Waals surface area contributed by atoms with Gasteiger partial charge in [0.2, 0.25) is 0 Å². The summed E-state index contributed by atoms with van der Waals surface area (Å²) in [5.41, 5.74) is 1.84. The fourth-order valence-electron chi connectivity index (χ4n) is 1.75. The highest BCUT2D eigenvalue weighted by molar-refractivity contribution is 9.10. The third-order valence-corrected chi connectivity index (χ3v) is 4.20. The molecular formula is C16H12BrCl2NO. The minimum Gasteiger partial charge on any atom is -0.481 e. The van der Waals surface area contributed by atoms with Crippen LogP contribution in [0.15, 0.2) is 40.9 Å². The van der Waals surface area contributed by atoms with Crippen molar-refractivity contribution in [2.24, 2.45) is 0 Å². The lowest BCUT2D eigenvalue weighted by molar-refractivity contribution is 0.366. The number of halogens is 3. The van der Waals surface area contributed by atoms with Crippen LogP contribution in [0.1, 0.15) is 5.56 Å². The molecule has 5 heteroatoms. The van der Waals surface area contributed by atoms with E-state index in [4.69, 9.17) is 34.4 Å². The molecule has 0 aliphatic heterocycles. The molecule has 2 nitrogen and oxygen atoms in total. The van der Waals surface area contributed by atoms with E-state index in [-0.39, 0.29) is 6.61 Å². The van der Waals surface area contributed by atoms with Gasteiger partial charge in [-0.15, -0.1) is 6.42 Å². The first-order valence-corrected chi connectivity index (χ1v) is 7.68. The number of hydrogen-bond acceptors (Lipinski definition) is 2. The molecule has 0 aliphatic rings. The number of nitrogens with one attached hydrogen (secondary N) is 1. The molecule has 0 amide bonds. The van der Waals surface area contributed by atoms with Crippen LogP contribution >= 0.6 is 39.1 Å². The van der Waals surface area contributed by atoms with Gasteiger partial charge in [0.1, 0.15) is 12.4 Å². The number of anilines is 1. The van der Waals surface area contributed by atoms with Crippen molar-refractivity contribution in [1.29, 1.82) is 0 Å². The fourth-order valence-corrected chi connectivity index (χ4v) is 2.37. The zero-order valence-corrected chi connectivity index (χ0v) is 14.1. The van der Waals surface area contributed by atoms with Gasteiger partial charge in [-0.3, -0.25) is 0 Å². The van der Waals surface area contributed by atoms with Crippen LogP contribution in [0.4, 0.5) is 5.69 Å². The van der Waals surface area contributed by atoms with Crippen LogP contribution in [0.3, 0.4) is 0 Å². The molecular weight excluding hydrogens is 373 g/mol. The summed E-state index contributed by atoms with van der Waals surface area (Å²) in [4.78, 5) is 0. The van der Waals surface area contributed by atoms with Gasteiger partial charge in [0.25, 0.3) is 0 Å². The number of terminal acetylenes is 1. The standard InChI is InChI=1S/C16H12BrCl2NO/c1-2-7-21-16-6-3-12(18)8-11(16)10-20-13-4-5-14(17)15(19)9-13/h1,3-6,8-9,20H,7,10H2. The molecule has 21 heavy (non-hydrogen) atoms. The van der Waals surface area contributed by atoms with Crippen molar-refractivity contribution in [3.8, 4) is 18.1 Å². The molecule has 0 bridgehead atoms. The molecule has 0 aromatic heterocycles. The van der Waals surface area contributed by atoms with E-state index < -0.39 is 0 Å². The second-order valence-electron chi connectivity index (χ2n) is 4.23. The van der Waals surface area contributed by atoms with Crippen LogP contribution in [-0.4, -0.2) is 6.61 Å². The maximum Gasteiger partial charge on any atom is 0.148 e. The Hall–Kier alpha value is -1.34. The Bertz CT molecular complexity index is 682. The average molecular weight is 385 g/mol. The Morgan fingerprint density at radius 3 is 2.71 bits per heavy atom. The first kappa shape index (κ1) is 16.0. The predicted molar refractivity (Wildman–Crippen MR) is 92.3 cm³/mol. The quantitative estimate of drug-likeness (QED) is 0.698. The summed E-state index contributed by atoms with van der Waals surface area (Å²) in [6.07, 6.45) is 5.22. The van der Waals surface area contributed by atoms with E-state index in [1.165, 1.54) is 0 Å². The van der Waals surface area contributed by atoms with Gasteiger partial charge >= 0.3 is 0 Å². The van der Waals surface area contributed by atoms with Gasteiger partial charge in [-0.1, -0.05) is 29.1 Å². The first-order valence-electron chi connectivity index (χ1n) is 6.14. The van der Waals surface area contributed by atoms with Crippen molar-refractivity contribution >= 4 is 44.8 Å². The molecule has 2 aromatic rings. The monoisotopic (exact) mass is 383 g/mol. The highest BCUT2D eigenvalue weighted by atomic mass is 79.9. The van der Waals surface area contributed by atoms with Crippen molar-refractivity contribution in [2.75, 3.05) is 11.9 Å². The van der Waals surface area contributed by atoms with Crippen LogP contribution in [0, 0.1) is 12.3 Å². The van der Waals surface area contributed by atoms with E-state index in [0.717, 1.165) is 15.7 Å². The summed E-state index contributed by atoms with van der Waals surface area (Å²) in [5, 5.41) is 4.57. The fraction of sp³-hybridized carbons (Fsp3) is 0.125. The summed E-state index contributed by atoms with van der Waals surface area (Å²) in [5.74, 6) is 3.16. The van der Waals surface area contributed by atoms with Crippen LogP contribution in [0.25, 0.3) is 0 Å². The molecule has 2 aromatic carbocycles. The van der Waals surface area contributed by atoms with Gasteiger partial charge in [-0.2, -0.15) is 0 Å². The Balaban J connectivity index is 2.13. The van der Waals surface area contributed by atoms with Crippen molar-refractivity contribution in [3.05, 3.63) is 56.5 Å². The smallest absolute Gasteiger partial charge is 0.148 e. The average Bonchev–Trinajstić information content (AvgIpc) is 2.47. The predicted octanol–water partition coefficient (Wildman–Crippen LogP) is 5.38. The number of ether oxygens (including phenoxy) is 1. The maximum absolute atomic E-state index is 6.07. The maximum atomic E-state index is 6.07. The van der Waals surface area contributed by atoms with Gasteiger partial charge in [0.05, 0.1) is 5.02 Å². The SMILES string of the molecule is C#CCOc1ccc(Cl)cc1CNc1ccc(Br)c(Cl)c1. The number of rotatable bonds is 5. The van der Waals surface area contributed by atoms with Crippen molar-refractivity contribution in [3.63, 3.8) is 0 Å². The second kappa shape index (κ2) is 7.61. The molecule has 0 saturated carbocycles. The van der Waals surface area contributed by atoms with E-state index in [9.17, 15) is 0 Å². The van der Waals surface area contributed by atoms with E-state index >= 15 is 0 Å². The molecule has 0 unspecified atom stereocenters. The van der Waals surface area contributed by atoms with E-state index in [0.29, 0.717) is 22.3 Å². The molecule has 0 heterocycles. The lowest BCUT2D eigenvalue weighted by Crippen LogP contribution is -2.03. The number of hydrogen-bond donors (Lipinski definition) is 1. The molecule has 0 spiro atoms. The second-order valence-corrected chi connectivity index (χ2v) is 5.93. The Kier molecular flexibility index (Phi) is 5.81. The molecule has 2 rings (SSSR count). The summed E-state index contributed by atoms with van der Waals surface area (Å²) in [6.45, 7) is 0.775. The Labute approximate surface area is 142 Å². The van der Waals surface area contributed by atoms with Crippen LogP contribution in [0.5, 0.6) is 5.75 Å². The van der Waals surface area contributed by atoms with Gasteiger partial charge in [-0.05, 0) is 52.3 Å². The topological polar surface area (TPSA) is 21.3 Å². The van der Waals surface area contributed by atoms with Crippen LogP contribution in [0.2, 0.25) is 10.0 Å². The highest BCUT2D eigenvalue weighted by Crippen LogP contribution is 2.27. The summed E-state index contributed by atoms with van der Waals surface area (Å²) in [6, 6.07) is 11.1. The minimum absolute atomic E-state index is 0.221. The Morgan fingerprint density at radius 1 is 1.19 bits per heavy atom. The summed E-state index contributed by atoms with van der Waals surface area (Å²) >= 11 is 15.5. The third kappa shape index (κ3) is 4.57. The van der Waals surface area contributed by atoms with Gasteiger partial charge in [0, 0.05) is 27.3 Å². The van der Waals surface area contributed by atoms with Crippen LogP contribution in [-0.2, 0) is 6.54 Å². The highest BCUT2D eigenvalue weighted by Gasteiger charge is 2.06. The van der Waals surface area contributed by atoms with Crippen molar-refractivity contribution < 1.29 is 4.74 Å². The van der Waals surface area contributed by atoms with Gasteiger partial charge in [0.15, 0.2) is 0 Å². The number of benzene rings is 2. The van der Waals surface area contributed by atoms with Crippen LogP contribution < -0.4 is 10.1 Å². The molecule has 0 saturated heterocycles. The summed E-state index contributed by atoms with van der Waals surface area (Å²) in [7, 11) is 0. The van der Waals surface area contributed by atoms with Gasteiger partial charge in [-0.25, -0.2) is 0 Å². The third-order valence-electron chi connectivity index (χ3n) is 2.74. The lowest BCUT2D eigenvalue weighted by atomic mass is 10.2. The molecule has 0 radical (unpaired) electrons. The summed E-state index contributed by atoms with van der Waals surface area (Å²) < 4.78 is 6.36. The zero-order chi connectivity index (χ0) is 15.2. The van der Waals surface area contributed by atoms with E-state index in [2.05, 4.69) is 27.2 Å². The minimum atomic E-state index is 0.221.